The van der Waals surface area contributed by atoms with Crippen molar-refractivity contribution in [2.24, 2.45) is 30.7 Å². The Kier molecular flexibility index (Phi) is 32.1. The number of piperidine rings is 3. The SMILES string of the molecule is C.CCN(CCO)c1ccc(N=Nc2nc(N3CCCCC3)c(C=C3C(=O)c4ccccc4C3=O)s2)cc1.CCN(CCOS(=O)(=O)O)c1ccc(N=Nc2nc(N3CCCCC3)c(C=C3C(=O)c4ccccc4C3=O)s2)cc1.CCN(CCOS(=O)(=O)[O-])c1ccc(N=Nc2nc(N3CCCCC3)c(C=C3C(=O)c4ccccc4C3=O)s2)cc1.[Na+]. The van der Waals surface area contributed by atoms with Crippen LogP contribution in [0.5, 0.6) is 0 Å². The summed E-state index contributed by atoms with van der Waals surface area (Å²) in [6.45, 7) is 13.7. The molecule has 3 fully saturated rings. The average Bonchev–Trinajstić information content (AvgIpc) is 1.63. The molecular formula is C85H90N15NaO15S5. The zero-order valence-corrected chi connectivity index (χ0v) is 72.6. The Morgan fingerprint density at radius 3 is 0.901 bits per heavy atom. The molecule has 626 valence electrons. The average molecular weight is 1750 g/mol. The van der Waals surface area contributed by atoms with Crippen molar-refractivity contribution >= 4 is 175 Å². The van der Waals surface area contributed by atoms with E-state index in [4.69, 9.17) is 19.5 Å². The molecule has 0 saturated carbocycles. The van der Waals surface area contributed by atoms with Crippen molar-refractivity contribution in [1.29, 1.82) is 0 Å². The molecule has 0 unspecified atom stereocenters. The number of hydrogen-bond donors (Lipinski definition) is 2. The fourth-order valence-electron chi connectivity index (χ4n) is 14.5. The maximum atomic E-state index is 13.0. The van der Waals surface area contributed by atoms with Crippen molar-refractivity contribution in [1.82, 2.24) is 15.0 Å². The van der Waals surface area contributed by atoms with Gasteiger partial charge in [-0.25, -0.2) is 12.6 Å². The minimum absolute atomic E-state index is 0. The number of aliphatic hydroxyl groups is 1. The van der Waals surface area contributed by atoms with Crippen LogP contribution in [0, 0.1) is 0 Å². The Balaban J connectivity index is 0.000000176. The third-order valence-corrected chi connectivity index (χ3v) is 24.0. The zero-order valence-electron chi connectivity index (χ0n) is 66.5. The molecule has 2 N–H and O–H groups in total. The number of fused-ring (bicyclic) bond motifs is 3. The van der Waals surface area contributed by atoms with Crippen molar-refractivity contribution in [3.8, 4) is 0 Å². The predicted molar refractivity (Wildman–Crippen MR) is 466 cm³/mol. The van der Waals surface area contributed by atoms with Gasteiger partial charge in [0.15, 0.2) is 34.7 Å². The minimum Gasteiger partial charge on any atom is -0.726 e. The number of carbonyl (C=O) groups is 6. The number of Topliss-reactive ketones (excluding diaryl/α,β-unsaturated/α-hetero) is 6. The van der Waals surface area contributed by atoms with Gasteiger partial charge in [-0.2, -0.15) is 23.4 Å². The van der Waals surface area contributed by atoms with Crippen molar-refractivity contribution in [3.63, 3.8) is 0 Å². The molecule has 15 rings (SSSR count). The van der Waals surface area contributed by atoms with Gasteiger partial charge in [-0.3, -0.25) is 37.5 Å². The van der Waals surface area contributed by atoms with E-state index in [9.17, 15) is 55.3 Å². The summed E-state index contributed by atoms with van der Waals surface area (Å²) in [5.41, 5.74) is 7.51. The number of aromatic nitrogens is 3. The summed E-state index contributed by atoms with van der Waals surface area (Å²) >= 11 is 3.88. The third kappa shape index (κ3) is 23.1. The number of benzene rings is 6. The van der Waals surface area contributed by atoms with Crippen LogP contribution in [0.3, 0.4) is 0 Å². The molecular weight excluding hydrogens is 1650 g/mol. The second kappa shape index (κ2) is 42.5. The van der Waals surface area contributed by atoms with Gasteiger partial charge in [-0.1, -0.05) is 114 Å². The number of aliphatic hydroxyl groups excluding tert-OH is 1. The molecule has 3 aromatic heterocycles. The summed E-state index contributed by atoms with van der Waals surface area (Å²) in [6, 6.07) is 42.7. The standard InChI is InChI=1S/2C28H29N5O6S2.C28H29N5O3S.CH4.Na/c2*1-2-32(16-17-39-41(36,37)38)20-12-10-19(11-13-20)30-31-28-29-27(33-14-6-3-7-15-33)24(40-28)18-23-25(34)21-8-4-5-9-22(21)26(23)35;1-2-32(16-17-34)20-12-10-19(11-13-20)30-31-28-29-27(33-14-6-3-7-15-33)24(37-28)18-23-25(35)21-8-4-5-9-22(21)26(23)36;;/h2*4-5,8-13,18H,2-3,6-7,14-17H2,1H3,(H,36,37,38);4-5,8-13,18,34H,2-3,6-7,14-17H2,1H3;1H4;/q;;;;+1/p-1. The van der Waals surface area contributed by atoms with Gasteiger partial charge in [0.2, 0.25) is 25.8 Å². The Labute approximate surface area is 736 Å². The summed E-state index contributed by atoms with van der Waals surface area (Å²) < 4.78 is 71.1. The first-order valence-electron chi connectivity index (χ1n) is 39.2. The van der Waals surface area contributed by atoms with Crippen LogP contribution in [0.4, 0.5) is 67.0 Å². The Hall–Kier alpha value is -10.3. The maximum Gasteiger partial charge on any atom is 1.00 e. The van der Waals surface area contributed by atoms with E-state index in [0.29, 0.717) is 107 Å². The van der Waals surface area contributed by atoms with E-state index in [0.717, 1.165) is 125 Å². The third-order valence-electron chi connectivity index (χ3n) is 20.5. The first-order chi connectivity index (χ1) is 57.5. The Morgan fingerprint density at radius 1 is 0.405 bits per heavy atom. The second-order valence-corrected chi connectivity index (χ2v) is 33.2. The van der Waals surface area contributed by atoms with Gasteiger partial charge < -0.3 is 39.1 Å². The fourth-order valence-corrected chi connectivity index (χ4v) is 17.6. The summed E-state index contributed by atoms with van der Waals surface area (Å²) in [5, 5.41) is 36.7. The Morgan fingerprint density at radius 2 is 0.661 bits per heavy atom. The number of anilines is 6. The molecule has 3 aliphatic carbocycles. The van der Waals surface area contributed by atoms with E-state index < -0.39 is 20.8 Å². The van der Waals surface area contributed by atoms with Gasteiger partial charge in [0.25, 0.3) is 0 Å². The molecule has 0 amide bonds. The maximum absolute atomic E-state index is 13.0. The number of carbonyl (C=O) groups excluding carboxylic acids is 6. The van der Waals surface area contributed by atoms with Gasteiger partial charge in [0.1, 0.15) is 17.5 Å². The first kappa shape index (κ1) is 91.5. The monoisotopic (exact) mass is 1740 g/mol. The summed E-state index contributed by atoms with van der Waals surface area (Å²) in [7, 11) is -9.22. The summed E-state index contributed by atoms with van der Waals surface area (Å²) in [4.78, 5) is 107. The van der Waals surface area contributed by atoms with Crippen molar-refractivity contribution in [2.75, 3.05) is 128 Å². The van der Waals surface area contributed by atoms with Gasteiger partial charge in [0.05, 0.1) is 68.2 Å². The predicted octanol–water partition coefficient (Wildman–Crippen LogP) is 14.4. The molecule has 6 aliphatic rings. The number of azo groups is 3. The van der Waals surface area contributed by atoms with Crippen molar-refractivity contribution < 1.29 is 97.7 Å². The van der Waals surface area contributed by atoms with Crippen LogP contribution < -0.4 is 59.0 Å². The largest absolute Gasteiger partial charge is 1.00 e. The van der Waals surface area contributed by atoms with Crippen molar-refractivity contribution in [3.05, 3.63) is 210 Å². The smallest absolute Gasteiger partial charge is 0.726 e. The van der Waals surface area contributed by atoms with Crippen LogP contribution >= 0.6 is 34.0 Å². The number of allylic oxidation sites excluding steroid dienone is 3. The molecule has 36 heteroatoms. The van der Waals surface area contributed by atoms with Gasteiger partial charge in [0, 0.05) is 129 Å². The minimum atomic E-state index is -4.73. The molecule has 6 heterocycles. The normalized spacial score (nSPS) is 15.3. The second-order valence-electron chi connectivity index (χ2n) is 28.1. The van der Waals surface area contributed by atoms with E-state index in [1.54, 1.807) is 115 Å². The number of rotatable bonds is 28. The van der Waals surface area contributed by atoms with Crippen LogP contribution in [0.2, 0.25) is 0 Å². The molecule has 121 heavy (non-hydrogen) atoms. The molecule has 9 aromatic rings. The van der Waals surface area contributed by atoms with Crippen LogP contribution in [-0.4, -0.2) is 179 Å². The summed E-state index contributed by atoms with van der Waals surface area (Å²) in [5.74, 6) is 0.533. The Bertz CT molecular complexity index is 5330. The van der Waals surface area contributed by atoms with E-state index >= 15 is 0 Å². The zero-order chi connectivity index (χ0) is 83.7. The molecule has 6 aromatic carbocycles. The number of ketones is 6. The molecule has 30 nitrogen and oxygen atoms in total. The number of likely N-dealkylation sites (N-methyl/N-ethyl adjacent to an activating group) is 3. The van der Waals surface area contributed by atoms with Crippen LogP contribution in [0.25, 0.3) is 18.2 Å². The number of hydrogen-bond acceptors (Lipinski definition) is 32. The molecule has 0 spiro atoms. The van der Waals surface area contributed by atoms with Gasteiger partial charge in [-0.15, -0.1) is 30.7 Å². The molecule has 3 aliphatic heterocycles. The van der Waals surface area contributed by atoms with E-state index in [1.165, 1.54) is 40.4 Å². The van der Waals surface area contributed by atoms with Gasteiger partial charge >= 0.3 is 40.0 Å². The van der Waals surface area contributed by atoms with E-state index in [-0.39, 0.29) is 121 Å². The van der Waals surface area contributed by atoms with Crippen molar-refractivity contribution in [2.45, 2.75) is 86.0 Å². The molecule has 0 atom stereocenters. The quantitative estimate of drug-likeness (QED) is 0.0115. The number of nitrogens with zero attached hydrogens (tertiary/aromatic N) is 15. The van der Waals surface area contributed by atoms with Crippen LogP contribution in [0.15, 0.2) is 193 Å². The van der Waals surface area contributed by atoms with Crippen LogP contribution in [0.1, 0.15) is 163 Å². The van der Waals surface area contributed by atoms with E-state index in [2.05, 4.69) is 58.7 Å². The topological polar surface area (TPSA) is 385 Å². The van der Waals surface area contributed by atoms with Crippen LogP contribution in [-0.2, 0) is 29.2 Å². The molecule has 0 bridgehead atoms. The summed E-state index contributed by atoms with van der Waals surface area (Å²) in [6.07, 6.45) is 14.7. The number of thiazole rings is 3. The first-order valence-corrected chi connectivity index (χ1v) is 44.3. The fraction of sp³-hybridized carbons (Fsp3) is 0.329. The van der Waals surface area contributed by atoms with Gasteiger partial charge in [-0.05, 0) is 170 Å². The molecule has 3 saturated heterocycles. The van der Waals surface area contributed by atoms with E-state index in [1.807, 2.05) is 79.1 Å². The molecule has 0 radical (unpaired) electrons.